The van der Waals surface area contributed by atoms with Gasteiger partial charge in [-0.3, -0.25) is 9.59 Å². The highest BCUT2D eigenvalue weighted by atomic mass is 19.4. The van der Waals surface area contributed by atoms with Crippen LogP contribution < -0.4 is 11.1 Å². The number of nitrogens with two attached hydrogens (primary N) is 1. The highest BCUT2D eigenvalue weighted by molar-refractivity contribution is 5.97. The van der Waals surface area contributed by atoms with E-state index in [2.05, 4.69) is 5.32 Å². The maximum Gasteiger partial charge on any atom is 0.416 e. The van der Waals surface area contributed by atoms with Crippen LogP contribution in [0.1, 0.15) is 21.5 Å². The second-order valence-corrected chi connectivity index (χ2v) is 5.30. The van der Waals surface area contributed by atoms with Crippen molar-refractivity contribution in [2.45, 2.75) is 18.6 Å². The van der Waals surface area contributed by atoms with Crippen molar-refractivity contribution in [2.24, 2.45) is 5.73 Å². The zero-order chi connectivity index (χ0) is 18.6. The molecule has 3 N–H and O–H groups in total. The van der Waals surface area contributed by atoms with Crippen LogP contribution in [0.5, 0.6) is 0 Å². The molecule has 8 heteroatoms. The third-order valence-electron chi connectivity index (χ3n) is 3.48. The number of carbonyl (C=O) groups excluding carboxylic acids is 2. The van der Waals surface area contributed by atoms with Gasteiger partial charge in [0.25, 0.3) is 5.91 Å². The van der Waals surface area contributed by atoms with E-state index in [0.29, 0.717) is 6.07 Å². The largest absolute Gasteiger partial charge is 0.416 e. The Morgan fingerprint density at radius 2 is 1.76 bits per heavy atom. The van der Waals surface area contributed by atoms with Crippen LogP contribution in [0, 0.1) is 5.82 Å². The molecule has 0 aliphatic heterocycles. The monoisotopic (exact) mass is 354 g/mol. The lowest BCUT2D eigenvalue weighted by atomic mass is 10.0. The van der Waals surface area contributed by atoms with Gasteiger partial charge in [-0.25, -0.2) is 4.39 Å². The summed E-state index contributed by atoms with van der Waals surface area (Å²) >= 11 is 0. The van der Waals surface area contributed by atoms with Crippen molar-refractivity contribution in [1.29, 1.82) is 0 Å². The number of benzene rings is 2. The van der Waals surface area contributed by atoms with Crippen molar-refractivity contribution >= 4 is 11.8 Å². The molecule has 0 spiro atoms. The molecule has 2 aromatic rings. The van der Waals surface area contributed by atoms with Crippen LogP contribution in [0.3, 0.4) is 0 Å². The minimum atomic E-state index is -4.60. The zero-order valence-electron chi connectivity index (χ0n) is 12.8. The lowest BCUT2D eigenvalue weighted by Gasteiger charge is -2.16. The van der Waals surface area contributed by atoms with Gasteiger partial charge in [0.05, 0.1) is 5.56 Å². The van der Waals surface area contributed by atoms with Crippen molar-refractivity contribution in [3.8, 4) is 0 Å². The van der Waals surface area contributed by atoms with E-state index in [1.54, 1.807) is 6.07 Å². The number of primary amides is 1. The van der Waals surface area contributed by atoms with Crippen LogP contribution in [0.2, 0.25) is 0 Å². The zero-order valence-corrected chi connectivity index (χ0v) is 12.8. The average Bonchev–Trinajstić information content (AvgIpc) is 2.55. The van der Waals surface area contributed by atoms with Crippen LogP contribution >= 0.6 is 0 Å². The summed E-state index contributed by atoms with van der Waals surface area (Å²) in [6.07, 6.45) is -4.82. The fourth-order valence-corrected chi connectivity index (χ4v) is 2.18. The summed E-state index contributed by atoms with van der Waals surface area (Å²) in [5.74, 6) is -2.42. The molecule has 2 aromatic carbocycles. The van der Waals surface area contributed by atoms with Gasteiger partial charge in [-0.2, -0.15) is 13.2 Å². The standard InChI is InChI=1S/C17H14F4N2O2/c18-13-7-2-1-4-10(13)9-14(15(22)24)23-16(25)11-5-3-6-12(8-11)17(19,20)21/h1-8,14H,9H2,(H2,22,24)(H,23,25)/t14-/m1/s1. The molecule has 132 valence electrons. The molecule has 0 radical (unpaired) electrons. The predicted molar refractivity (Wildman–Crippen MR) is 82.0 cm³/mol. The first kappa shape index (κ1) is 18.4. The summed E-state index contributed by atoms with van der Waals surface area (Å²) < 4.78 is 51.8. The van der Waals surface area contributed by atoms with Crippen molar-refractivity contribution in [2.75, 3.05) is 0 Å². The first-order valence-corrected chi connectivity index (χ1v) is 7.19. The summed E-state index contributed by atoms with van der Waals surface area (Å²) in [5.41, 5.74) is 4.07. The molecular formula is C17H14F4N2O2. The second-order valence-electron chi connectivity index (χ2n) is 5.30. The van der Waals surface area contributed by atoms with Gasteiger partial charge in [-0.15, -0.1) is 0 Å². The van der Waals surface area contributed by atoms with E-state index in [9.17, 15) is 27.2 Å². The van der Waals surface area contributed by atoms with Gasteiger partial charge in [0.2, 0.25) is 5.91 Å². The van der Waals surface area contributed by atoms with E-state index in [0.717, 1.165) is 12.1 Å². The Kier molecular flexibility index (Phi) is 5.41. The van der Waals surface area contributed by atoms with Gasteiger partial charge in [0.15, 0.2) is 0 Å². The van der Waals surface area contributed by atoms with Crippen LogP contribution in [-0.4, -0.2) is 17.9 Å². The second kappa shape index (κ2) is 7.33. The van der Waals surface area contributed by atoms with E-state index >= 15 is 0 Å². The molecule has 2 rings (SSSR count). The average molecular weight is 354 g/mol. The Morgan fingerprint density at radius 1 is 1.08 bits per heavy atom. The van der Waals surface area contributed by atoms with Gasteiger partial charge in [-0.1, -0.05) is 24.3 Å². The highest BCUT2D eigenvalue weighted by Gasteiger charge is 2.31. The van der Waals surface area contributed by atoms with E-state index < -0.39 is 35.4 Å². The summed E-state index contributed by atoms with van der Waals surface area (Å²) in [5, 5.41) is 2.24. The lowest BCUT2D eigenvalue weighted by Crippen LogP contribution is -2.46. The first-order valence-electron chi connectivity index (χ1n) is 7.19. The van der Waals surface area contributed by atoms with Crippen LogP contribution in [0.4, 0.5) is 17.6 Å². The Morgan fingerprint density at radius 3 is 2.36 bits per heavy atom. The number of carbonyl (C=O) groups is 2. The molecule has 4 nitrogen and oxygen atoms in total. The Balaban J connectivity index is 2.18. The Bertz CT molecular complexity index is 790. The van der Waals surface area contributed by atoms with E-state index in [1.165, 1.54) is 24.3 Å². The smallest absolute Gasteiger partial charge is 0.368 e. The summed E-state index contributed by atoms with van der Waals surface area (Å²) in [6, 6.07) is 8.07. The SMILES string of the molecule is NC(=O)[C@@H](Cc1ccccc1F)NC(=O)c1cccc(C(F)(F)F)c1. The molecule has 2 amide bonds. The van der Waals surface area contributed by atoms with Crippen molar-refractivity contribution < 1.29 is 27.2 Å². The quantitative estimate of drug-likeness (QED) is 0.811. The predicted octanol–water partition coefficient (Wildman–Crippen LogP) is 2.67. The molecule has 0 aliphatic rings. The van der Waals surface area contributed by atoms with Crippen LogP contribution in [0.25, 0.3) is 0 Å². The van der Waals surface area contributed by atoms with E-state index in [4.69, 9.17) is 5.73 Å². The normalized spacial score (nSPS) is 12.5. The number of alkyl halides is 3. The molecule has 0 saturated heterocycles. The Hall–Kier alpha value is -2.90. The minimum Gasteiger partial charge on any atom is -0.368 e. The van der Waals surface area contributed by atoms with Crippen molar-refractivity contribution in [1.82, 2.24) is 5.32 Å². The summed E-state index contributed by atoms with van der Waals surface area (Å²) in [7, 11) is 0. The molecule has 25 heavy (non-hydrogen) atoms. The maximum atomic E-state index is 13.7. The summed E-state index contributed by atoms with van der Waals surface area (Å²) in [4.78, 5) is 23.6. The van der Waals surface area contributed by atoms with E-state index in [1.807, 2.05) is 0 Å². The fourth-order valence-electron chi connectivity index (χ4n) is 2.18. The first-order chi connectivity index (χ1) is 11.7. The molecule has 0 fully saturated rings. The third kappa shape index (κ3) is 4.79. The topological polar surface area (TPSA) is 72.2 Å². The molecule has 0 unspecified atom stereocenters. The number of nitrogens with one attached hydrogen (secondary N) is 1. The number of amides is 2. The molecule has 0 aliphatic carbocycles. The third-order valence-corrected chi connectivity index (χ3v) is 3.48. The van der Waals surface area contributed by atoms with Gasteiger partial charge in [0.1, 0.15) is 11.9 Å². The molecule has 0 heterocycles. The van der Waals surface area contributed by atoms with Gasteiger partial charge >= 0.3 is 6.18 Å². The molecule has 0 aromatic heterocycles. The van der Waals surface area contributed by atoms with E-state index in [-0.39, 0.29) is 17.5 Å². The molecule has 0 bridgehead atoms. The highest BCUT2D eigenvalue weighted by Crippen LogP contribution is 2.29. The minimum absolute atomic E-state index is 0.149. The van der Waals surface area contributed by atoms with Gasteiger partial charge in [-0.05, 0) is 29.8 Å². The number of halogens is 4. The van der Waals surface area contributed by atoms with Crippen molar-refractivity contribution in [3.63, 3.8) is 0 Å². The molecule has 0 saturated carbocycles. The Labute approximate surface area is 140 Å². The molecule has 1 atom stereocenters. The number of hydrogen-bond acceptors (Lipinski definition) is 2. The fraction of sp³-hybridized carbons (Fsp3) is 0.176. The van der Waals surface area contributed by atoms with Crippen LogP contribution in [-0.2, 0) is 17.4 Å². The molecular weight excluding hydrogens is 340 g/mol. The van der Waals surface area contributed by atoms with Gasteiger partial charge < -0.3 is 11.1 Å². The number of hydrogen-bond donors (Lipinski definition) is 2. The number of rotatable bonds is 5. The van der Waals surface area contributed by atoms with Crippen LogP contribution in [0.15, 0.2) is 48.5 Å². The maximum absolute atomic E-state index is 13.7. The van der Waals surface area contributed by atoms with Gasteiger partial charge in [0, 0.05) is 12.0 Å². The lowest BCUT2D eigenvalue weighted by molar-refractivity contribution is -0.137. The summed E-state index contributed by atoms with van der Waals surface area (Å²) in [6.45, 7) is 0. The van der Waals surface area contributed by atoms with Crippen molar-refractivity contribution in [3.05, 3.63) is 71.0 Å².